The summed E-state index contributed by atoms with van der Waals surface area (Å²) < 4.78 is 13.4. The highest BCUT2D eigenvalue weighted by molar-refractivity contribution is 5.93. The van der Waals surface area contributed by atoms with E-state index in [9.17, 15) is 18.8 Å². The maximum atomic E-state index is 13.4. The van der Waals surface area contributed by atoms with Gasteiger partial charge in [-0.1, -0.05) is 24.6 Å². The van der Waals surface area contributed by atoms with E-state index in [1.54, 1.807) is 12.1 Å². The summed E-state index contributed by atoms with van der Waals surface area (Å²) in [6.07, 6.45) is 5.57. The number of hydrogen-bond donors (Lipinski definition) is 2. The van der Waals surface area contributed by atoms with E-state index in [0.29, 0.717) is 13.0 Å². The summed E-state index contributed by atoms with van der Waals surface area (Å²) in [7, 11) is 0. The highest BCUT2D eigenvalue weighted by Crippen LogP contribution is 2.10. The van der Waals surface area contributed by atoms with E-state index < -0.39 is 17.6 Å². The summed E-state index contributed by atoms with van der Waals surface area (Å²) in [5.74, 6) is -1.55. The lowest BCUT2D eigenvalue weighted by molar-refractivity contribution is -0.136. The number of amides is 3. The Kier molecular flexibility index (Phi) is 6.48. The maximum Gasteiger partial charge on any atom is 0.262 e. The van der Waals surface area contributed by atoms with Gasteiger partial charge in [-0.05, 0) is 25.0 Å². The number of nitrogens with zero attached hydrogens (tertiary/aromatic N) is 1. The van der Waals surface area contributed by atoms with Crippen molar-refractivity contribution in [2.24, 2.45) is 0 Å². The van der Waals surface area contributed by atoms with Crippen molar-refractivity contribution in [2.45, 2.75) is 25.7 Å². The molecule has 0 saturated carbocycles. The summed E-state index contributed by atoms with van der Waals surface area (Å²) in [5.41, 5.74) is 4.72. The van der Waals surface area contributed by atoms with Crippen molar-refractivity contribution < 1.29 is 18.8 Å². The van der Waals surface area contributed by atoms with Crippen molar-refractivity contribution in [3.63, 3.8) is 0 Å². The van der Waals surface area contributed by atoms with Gasteiger partial charge in [0.05, 0.1) is 0 Å². The molecule has 3 amide bonds. The highest BCUT2D eigenvalue weighted by Gasteiger charge is 2.19. The molecule has 1 aromatic rings. The molecule has 1 fully saturated rings. The van der Waals surface area contributed by atoms with Crippen LogP contribution in [0.2, 0.25) is 0 Å². The molecule has 0 atom stereocenters. The first-order valence-corrected chi connectivity index (χ1v) is 7.85. The van der Waals surface area contributed by atoms with Gasteiger partial charge < -0.3 is 4.90 Å². The number of halogens is 1. The topological polar surface area (TPSA) is 78.5 Å². The van der Waals surface area contributed by atoms with Crippen LogP contribution in [0.4, 0.5) is 4.39 Å². The molecule has 0 radical (unpaired) electrons. The first kappa shape index (κ1) is 17.7. The van der Waals surface area contributed by atoms with Crippen LogP contribution in [0.3, 0.4) is 0 Å². The van der Waals surface area contributed by atoms with E-state index in [1.807, 2.05) is 0 Å². The Hall–Kier alpha value is -2.70. The number of carbonyl (C=O) groups is 3. The van der Waals surface area contributed by atoms with Gasteiger partial charge in [-0.15, -0.1) is 0 Å². The molecule has 2 rings (SSSR count). The molecule has 24 heavy (non-hydrogen) atoms. The van der Waals surface area contributed by atoms with Crippen molar-refractivity contribution in [3.05, 3.63) is 41.7 Å². The summed E-state index contributed by atoms with van der Waals surface area (Å²) in [6, 6.07) is 6.03. The first-order chi connectivity index (χ1) is 11.6. The molecule has 1 aliphatic rings. The Morgan fingerprint density at radius 3 is 2.75 bits per heavy atom. The lowest BCUT2D eigenvalue weighted by atomic mass is 10.2. The van der Waals surface area contributed by atoms with Crippen molar-refractivity contribution >= 4 is 23.8 Å². The highest BCUT2D eigenvalue weighted by atomic mass is 19.1. The van der Waals surface area contributed by atoms with Gasteiger partial charge in [0.15, 0.2) is 0 Å². The van der Waals surface area contributed by atoms with Crippen LogP contribution < -0.4 is 10.9 Å². The molecule has 1 heterocycles. The van der Waals surface area contributed by atoms with Crippen molar-refractivity contribution in [3.8, 4) is 0 Å². The molecule has 128 valence electrons. The van der Waals surface area contributed by atoms with Gasteiger partial charge in [0.2, 0.25) is 5.91 Å². The van der Waals surface area contributed by atoms with Crippen LogP contribution >= 0.6 is 0 Å². The molecule has 6 nitrogen and oxygen atoms in total. The van der Waals surface area contributed by atoms with E-state index in [1.165, 1.54) is 23.1 Å². The molecule has 0 aromatic heterocycles. The fraction of sp³-hybridized carbons (Fsp3) is 0.353. The Morgan fingerprint density at radius 2 is 1.96 bits per heavy atom. The molecular weight excluding hydrogens is 313 g/mol. The van der Waals surface area contributed by atoms with E-state index in [0.717, 1.165) is 25.3 Å². The van der Waals surface area contributed by atoms with Gasteiger partial charge in [-0.25, -0.2) is 4.39 Å². The van der Waals surface area contributed by atoms with Crippen molar-refractivity contribution in [2.75, 3.05) is 13.1 Å². The molecule has 0 spiro atoms. The quantitative estimate of drug-likeness (QED) is 0.646. The predicted molar refractivity (Wildman–Crippen MR) is 86.8 cm³/mol. The van der Waals surface area contributed by atoms with Crippen molar-refractivity contribution in [1.29, 1.82) is 0 Å². The van der Waals surface area contributed by atoms with Gasteiger partial charge in [0.25, 0.3) is 11.8 Å². The third-order valence-electron chi connectivity index (χ3n) is 3.65. The summed E-state index contributed by atoms with van der Waals surface area (Å²) >= 11 is 0. The normalized spacial score (nSPS) is 15.2. The van der Waals surface area contributed by atoms with Gasteiger partial charge >= 0.3 is 0 Å². The minimum absolute atomic E-state index is 0.0478. The summed E-state index contributed by atoms with van der Waals surface area (Å²) in [5, 5.41) is 0. The molecule has 0 unspecified atom stereocenters. The van der Waals surface area contributed by atoms with Crippen LogP contribution in [0.25, 0.3) is 6.08 Å². The van der Waals surface area contributed by atoms with Gasteiger partial charge in [0.1, 0.15) is 12.4 Å². The fourth-order valence-corrected chi connectivity index (χ4v) is 2.37. The van der Waals surface area contributed by atoms with Crippen LogP contribution in [0.15, 0.2) is 30.3 Å². The predicted octanol–water partition coefficient (Wildman–Crippen LogP) is 1.39. The molecule has 1 aliphatic heterocycles. The second kappa shape index (κ2) is 8.81. The standard InChI is InChI=1S/C17H20FN3O3/c18-14-7-4-3-6-13(14)9-10-15(22)19-20-16(23)12-21-11-5-1-2-8-17(21)24/h3-4,6-7,9-10H,1-2,5,8,11-12H2,(H,19,22)(H,20,23)/b10-9+. The van der Waals surface area contributed by atoms with E-state index in [2.05, 4.69) is 10.9 Å². The summed E-state index contributed by atoms with van der Waals surface area (Å²) in [4.78, 5) is 36.7. The molecule has 0 aliphatic carbocycles. The second-order valence-corrected chi connectivity index (χ2v) is 5.52. The minimum Gasteiger partial charge on any atom is -0.333 e. The smallest absolute Gasteiger partial charge is 0.262 e. The van der Waals surface area contributed by atoms with Crippen LogP contribution in [0.1, 0.15) is 31.2 Å². The zero-order valence-corrected chi connectivity index (χ0v) is 13.3. The SMILES string of the molecule is O=C(/C=C/c1ccccc1F)NNC(=O)CN1CCCCCC1=O. The number of hydrazine groups is 1. The lowest BCUT2D eigenvalue weighted by Crippen LogP contribution is -2.47. The zero-order chi connectivity index (χ0) is 17.4. The Labute approximate surface area is 139 Å². The number of nitrogens with one attached hydrogen (secondary N) is 2. The van der Waals surface area contributed by atoms with Gasteiger partial charge in [-0.2, -0.15) is 0 Å². The van der Waals surface area contributed by atoms with Gasteiger partial charge in [0, 0.05) is 24.6 Å². The molecule has 2 N–H and O–H groups in total. The average Bonchev–Trinajstić information content (AvgIpc) is 2.77. The first-order valence-electron chi connectivity index (χ1n) is 7.85. The largest absolute Gasteiger partial charge is 0.333 e. The van der Waals surface area contributed by atoms with Crippen LogP contribution in [-0.2, 0) is 14.4 Å². The monoisotopic (exact) mass is 333 g/mol. The van der Waals surface area contributed by atoms with Crippen LogP contribution in [-0.4, -0.2) is 35.7 Å². The van der Waals surface area contributed by atoms with E-state index in [4.69, 9.17) is 0 Å². The number of likely N-dealkylation sites (tertiary alicyclic amines) is 1. The molecule has 0 bridgehead atoms. The summed E-state index contributed by atoms with van der Waals surface area (Å²) in [6.45, 7) is 0.462. The van der Waals surface area contributed by atoms with E-state index >= 15 is 0 Å². The van der Waals surface area contributed by atoms with Gasteiger partial charge in [-0.3, -0.25) is 25.2 Å². The maximum absolute atomic E-state index is 13.4. The second-order valence-electron chi connectivity index (χ2n) is 5.52. The number of rotatable bonds is 4. The Morgan fingerprint density at radius 1 is 1.17 bits per heavy atom. The average molecular weight is 333 g/mol. The molecule has 1 saturated heterocycles. The number of carbonyl (C=O) groups excluding carboxylic acids is 3. The minimum atomic E-state index is -0.589. The zero-order valence-electron chi connectivity index (χ0n) is 13.3. The molecule has 7 heteroatoms. The Balaban J connectivity index is 1.77. The fourth-order valence-electron chi connectivity index (χ4n) is 2.37. The lowest BCUT2D eigenvalue weighted by Gasteiger charge is -2.19. The third kappa shape index (κ3) is 5.49. The number of benzene rings is 1. The van der Waals surface area contributed by atoms with Crippen LogP contribution in [0, 0.1) is 5.82 Å². The molecule has 1 aromatic carbocycles. The third-order valence-corrected chi connectivity index (χ3v) is 3.65. The number of hydrogen-bond acceptors (Lipinski definition) is 3. The molecular formula is C17H20FN3O3. The Bertz CT molecular complexity index is 646. The van der Waals surface area contributed by atoms with Crippen LogP contribution in [0.5, 0.6) is 0 Å². The van der Waals surface area contributed by atoms with E-state index in [-0.39, 0.29) is 18.0 Å². The van der Waals surface area contributed by atoms with Crippen molar-refractivity contribution in [1.82, 2.24) is 15.8 Å².